The Morgan fingerprint density at radius 1 is 1.04 bits per heavy atom. The van der Waals surface area contributed by atoms with Crippen LogP contribution in [0, 0.1) is 6.92 Å². The van der Waals surface area contributed by atoms with Crippen molar-refractivity contribution < 1.29 is 4.79 Å². The molecule has 4 rings (SSSR count). The van der Waals surface area contributed by atoms with Gasteiger partial charge in [-0.2, -0.15) is 0 Å². The monoisotopic (exact) mass is 329 g/mol. The number of aromatic nitrogens is 2. The molecule has 1 aliphatic rings. The smallest absolute Gasteiger partial charge is 0.254 e. The van der Waals surface area contributed by atoms with Crippen LogP contribution in [-0.4, -0.2) is 27.3 Å². The molecular weight excluding hydrogens is 310 g/mol. The molecule has 3 aromatic rings. The SMILES string of the molecule is Cc1ccccc1C(=O)N1CCc2nc(-c3ccccc3)ncc2C1. The molecule has 1 amide bonds. The molecule has 0 spiro atoms. The lowest BCUT2D eigenvalue weighted by molar-refractivity contribution is 0.0732. The summed E-state index contributed by atoms with van der Waals surface area (Å²) in [6.07, 6.45) is 2.62. The Morgan fingerprint density at radius 3 is 2.60 bits per heavy atom. The van der Waals surface area contributed by atoms with Crippen molar-refractivity contribution in [2.45, 2.75) is 19.9 Å². The third-order valence-corrected chi connectivity index (χ3v) is 4.63. The summed E-state index contributed by atoms with van der Waals surface area (Å²) >= 11 is 0. The van der Waals surface area contributed by atoms with E-state index in [0.29, 0.717) is 13.1 Å². The number of fused-ring (bicyclic) bond motifs is 1. The predicted octanol–water partition coefficient (Wildman–Crippen LogP) is 3.65. The molecule has 0 N–H and O–H groups in total. The zero-order valence-electron chi connectivity index (χ0n) is 14.1. The van der Waals surface area contributed by atoms with Crippen molar-refractivity contribution in [1.82, 2.24) is 14.9 Å². The first-order valence-electron chi connectivity index (χ1n) is 8.47. The third kappa shape index (κ3) is 3.03. The minimum Gasteiger partial charge on any atom is -0.334 e. The van der Waals surface area contributed by atoms with E-state index >= 15 is 0 Å². The second-order valence-electron chi connectivity index (χ2n) is 6.32. The third-order valence-electron chi connectivity index (χ3n) is 4.63. The summed E-state index contributed by atoms with van der Waals surface area (Å²) in [5.74, 6) is 0.828. The van der Waals surface area contributed by atoms with Crippen LogP contribution in [0.15, 0.2) is 60.8 Å². The van der Waals surface area contributed by atoms with E-state index in [4.69, 9.17) is 4.98 Å². The molecular formula is C21H19N3O. The fourth-order valence-corrected chi connectivity index (χ4v) is 3.20. The van der Waals surface area contributed by atoms with E-state index in [1.165, 1.54) is 0 Å². The van der Waals surface area contributed by atoms with Gasteiger partial charge in [-0.3, -0.25) is 4.79 Å². The van der Waals surface area contributed by atoms with Crippen molar-refractivity contribution in [2.24, 2.45) is 0 Å². The van der Waals surface area contributed by atoms with Gasteiger partial charge in [0.15, 0.2) is 5.82 Å². The molecule has 0 atom stereocenters. The van der Waals surface area contributed by atoms with Crippen LogP contribution >= 0.6 is 0 Å². The first kappa shape index (κ1) is 15.5. The molecule has 2 heterocycles. The highest BCUT2D eigenvalue weighted by molar-refractivity contribution is 5.95. The Balaban J connectivity index is 1.58. The normalized spacial score (nSPS) is 13.4. The number of benzene rings is 2. The zero-order chi connectivity index (χ0) is 17.2. The topological polar surface area (TPSA) is 46.1 Å². The van der Waals surface area contributed by atoms with Crippen LogP contribution in [0.25, 0.3) is 11.4 Å². The summed E-state index contributed by atoms with van der Waals surface area (Å²) in [5.41, 5.74) is 4.88. The molecule has 0 saturated carbocycles. The quantitative estimate of drug-likeness (QED) is 0.721. The highest BCUT2D eigenvalue weighted by Gasteiger charge is 2.24. The lowest BCUT2D eigenvalue weighted by Gasteiger charge is -2.28. The predicted molar refractivity (Wildman–Crippen MR) is 97.1 cm³/mol. The lowest BCUT2D eigenvalue weighted by atomic mass is 10.0. The average Bonchev–Trinajstić information content (AvgIpc) is 2.68. The van der Waals surface area contributed by atoms with Crippen molar-refractivity contribution >= 4 is 5.91 Å². The van der Waals surface area contributed by atoms with Crippen LogP contribution in [0.2, 0.25) is 0 Å². The minimum atomic E-state index is 0.0795. The molecule has 0 radical (unpaired) electrons. The Labute approximate surface area is 147 Å². The molecule has 0 unspecified atom stereocenters. The fourth-order valence-electron chi connectivity index (χ4n) is 3.20. The van der Waals surface area contributed by atoms with Crippen molar-refractivity contribution in [1.29, 1.82) is 0 Å². The van der Waals surface area contributed by atoms with Crippen molar-refractivity contribution in [2.75, 3.05) is 6.54 Å². The van der Waals surface area contributed by atoms with E-state index in [1.54, 1.807) is 0 Å². The molecule has 4 nitrogen and oxygen atoms in total. The number of hydrogen-bond donors (Lipinski definition) is 0. The van der Waals surface area contributed by atoms with E-state index in [9.17, 15) is 4.79 Å². The van der Waals surface area contributed by atoms with Gasteiger partial charge in [0.25, 0.3) is 5.91 Å². The van der Waals surface area contributed by atoms with Crippen LogP contribution in [0.5, 0.6) is 0 Å². The Hall–Kier alpha value is -3.01. The first-order valence-corrected chi connectivity index (χ1v) is 8.47. The summed E-state index contributed by atoms with van der Waals surface area (Å²) in [7, 11) is 0. The van der Waals surface area contributed by atoms with Gasteiger partial charge in [-0.25, -0.2) is 9.97 Å². The van der Waals surface area contributed by atoms with Crippen molar-refractivity contribution in [3.8, 4) is 11.4 Å². The van der Waals surface area contributed by atoms with Gasteiger partial charge in [-0.1, -0.05) is 48.5 Å². The van der Waals surface area contributed by atoms with E-state index in [2.05, 4.69) is 4.98 Å². The Bertz CT molecular complexity index is 921. The van der Waals surface area contributed by atoms with Gasteiger partial charge in [0, 0.05) is 42.4 Å². The zero-order valence-corrected chi connectivity index (χ0v) is 14.1. The van der Waals surface area contributed by atoms with Gasteiger partial charge in [0.1, 0.15) is 0 Å². The standard InChI is InChI=1S/C21H19N3O/c1-15-7-5-6-10-18(15)21(25)24-12-11-19-17(14-24)13-22-20(23-19)16-8-3-2-4-9-16/h2-10,13H,11-12,14H2,1H3. The largest absolute Gasteiger partial charge is 0.334 e. The van der Waals surface area contributed by atoms with Gasteiger partial charge in [0.05, 0.1) is 5.69 Å². The highest BCUT2D eigenvalue weighted by atomic mass is 16.2. The molecule has 0 saturated heterocycles. The molecule has 0 bridgehead atoms. The van der Waals surface area contributed by atoms with Gasteiger partial charge in [-0.15, -0.1) is 0 Å². The van der Waals surface area contributed by atoms with E-state index < -0.39 is 0 Å². The molecule has 2 aromatic carbocycles. The summed E-state index contributed by atoms with van der Waals surface area (Å²) in [6, 6.07) is 17.7. The van der Waals surface area contributed by atoms with Gasteiger partial charge in [-0.05, 0) is 18.6 Å². The Kier molecular flexibility index (Phi) is 4.02. The van der Waals surface area contributed by atoms with Gasteiger partial charge >= 0.3 is 0 Å². The molecule has 0 aliphatic carbocycles. The van der Waals surface area contributed by atoms with E-state index in [-0.39, 0.29) is 5.91 Å². The van der Waals surface area contributed by atoms with Crippen molar-refractivity contribution in [3.63, 3.8) is 0 Å². The van der Waals surface area contributed by atoms with E-state index in [1.807, 2.05) is 72.6 Å². The maximum Gasteiger partial charge on any atom is 0.254 e. The van der Waals surface area contributed by atoms with Gasteiger partial charge in [0.2, 0.25) is 0 Å². The molecule has 0 fully saturated rings. The van der Waals surface area contributed by atoms with Crippen LogP contribution < -0.4 is 0 Å². The molecule has 25 heavy (non-hydrogen) atoms. The van der Waals surface area contributed by atoms with Crippen LogP contribution in [0.4, 0.5) is 0 Å². The molecule has 1 aliphatic heterocycles. The first-order chi connectivity index (χ1) is 12.2. The van der Waals surface area contributed by atoms with Gasteiger partial charge < -0.3 is 4.90 Å². The summed E-state index contributed by atoms with van der Waals surface area (Å²) in [4.78, 5) is 23.9. The lowest BCUT2D eigenvalue weighted by Crippen LogP contribution is -2.36. The number of carbonyl (C=O) groups excluding carboxylic acids is 1. The number of rotatable bonds is 2. The summed E-state index contributed by atoms with van der Waals surface area (Å²) in [5, 5.41) is 0. The second-order valence-corrected chi connectivity index (χ2v) is 6.32. The van der Waals surface area contributed by atoms with Crippen LogP contribution in [-0.2, 0) is 13.0 Å². The maximum absolute atomic E-state index is 12.8. The summed E-state index contributed by atoms with van der Waals surface area (Å²) < 4.78 is 0. The minimum absolute atomic E-state index is 0.0795. The molecule has 4 heteroatoms. The number of amides is 1. The average molecular weight is 329 g/mol. The molecule has 124 valence electrons. The number of carbonyl (C=O) groups is 1. The number of nitrogens with zero attached hydrogens (tertiary/aromatic N) is 3. The Morgan fingerprint density at radius 2 is 1.80 bits per heavy atom. The summed E-state index contributed by atoms with van der Waals surface area (Å²) in [6.45, 7) is 3.23. The van der Waals surface area contributed by atoms with Crippen LogP contribution in [0.1, 0.15) is 27.2 Å². The number of aryl methyl sites for hydroxylation is 1. The van der Waals surface area contributed by atoms with E-state index in [0.717, 1.165) is 40.2 Å². The number of hydrogen-bond acceptors (Lipinski definition) is 3. The second kappa shape index (κ2) is 6.48. The fraction of sp³-hybridized carbons (Fsp3) is 0.190. The maximum atomic E-state index is 12.8. The molecule has 1 aromatic heterocycles. The highest BCUT2D eigenvalue weighted by Crippen LogP contribution is 2.22. The van der Waals surface area contributed by atoms with Crippen molar-refractivity contribution in [3.05, 3.63) is 83.2 Å². The van der Waals surface area contributed by atoms with Crippen LogP contribution in [0.3, 0.4) is 0 Å².